The summed E-state index contributed by atoms with van der Waals surface area (Å²) in [5, 5.41) is 0. The van der Waals surface area contributed by atoms with Gasteiger partial charge in [0.05, 0.1) is 0 Å². The van der Waals surface area contributed by atoms with E-state index in [1.807, 2.05) is 6.92 Å². The lowest BCUT2D eigenvalue weighted by atomic mass is 10.2. The molecule has 1 aliphatic rings. The molecule has 2 rings (SSSR count). The second-order valence-electron chi connectivity index (χ2n) is 5.52. The zero-order valence-electron chi connectivity index (χ0n) is 13.0. The lowest BCUT2D eigenvalue weighted by molar-refractivity contribution is 0.251. The highest BCUT2D eigenvalue weighted by Crippen LogP contribution is 2.09. The van der Waals surface area contributed by atoms with Crippen LogP contribution in [0.5, 0.6) is 0 Å². The number of aryl methyl sites for hydroxylation is 1. The van der Waals surface area contributed by atoms with Gasteiger partial charge >= 0.3 is 0 Å². The SMILES string of the molecule is CCn1ccnc(N2CCN(CCCCCN)CC2)c1=O. The van der Waals surface area contributed by atoms with Gasteiger partial charge < -0.3 is 15.2 Å². The first kappa shape index (κ1) is 16.0. The molecular formula is C15H27N5O. The summed E-state index contributed by atoms with van der Waals surface area (Å²) in [6, 6.07) is 0. The van der Waals surface area contributed by atoms with Crippen molar-refractivity contribution in [2.45, 2.75) is 32.7 Å². The highest BCUT2D eigenvalue weighted by Gasteiger charge is 2.20. The fourth-order valence-electron chi connectivity index (χ4n) is 2.74. The Hall–Kier alpha value is -1.40. The molecule has 1 aliphatic heterocycles. The molecule has 1 fully saturated rings. The average molecular weight is 293 g/mol. The molecule has 0 saturated carbocycles. The molecule has 0 amide bonds. The van der Waals surface area contributed by atoms with Crippen LogP contribution in [-0.4, -0.2) is 53.7 Å². The van der Waals surface area contributed by atoms with Crippen molar-refractivity contribution in [2.24, 2.45) is 5.73 Å². The Kier molecular flexibility index (Phi) is 6.20. The van der Waals surface area contributed by atoms with Gasteiger partial charge in [-0.1, -0.05) is 6.42 Å². The quantitative estimate of drug-likeness (QED) is 0.742. The van der Waals surface area contributed by atoms with Crippen LogP contribution in [0.15, 0.2) is 17.2 Å². The van der Waals surface area contributed by atoms with Crippen molar-refractivity contribution >= 4 is 5.82 Å². The summed E-state index contributed by atoms with van der Waals surface area (Å²) in [6.45, 7) is 8.36. The van der Waals surface area contributed by atoms with Crippen LogP contribution in [0.2, 0.25) is 0 Å². The van der Waals surface area contributed by atoms with E-state index in [1.54, 1.807) is 17.0 Å². The van der Waals surface area contributed by atoms with Crippen molar-refractivity contribution in [1.82, 2.24) is 14.5 Å². The number of hydrogen-bond acceptors (Lipinski definition) is 5. The van der Waals surface area contributed by atoms with Gasteiger partial charge in [0.1, 0.15) is 0 Å². The van der Waals surface area contributed by atoms with Crippen molar-refractivity contribution < 1.29 is 0 Å². The molecule has 1 aromatic heterocycles. The van der Waals surface area contributed by atoms with E-state index < -0.39 is 0 Å². The van der Waals surface area contributed by atoms with E-state index in [4.69, 9.17) is 5.73 Å². The van der Waals surface area contributed by atoms with Crippen molar-refractivity contribution in [3.05, 3.63) is 22.7 Å². The number of aromatic nitrogens is 2. The molecule has 0 aromatic carbocycles. The van der Waals surface area contributed by atoms with E-state index in [-0.39, 0.29) is 5.56 Å². The van der Waals surface area contributed by atoms with Gasteiger partial charge in [-0.2, -0.15) is 0 Å². The Morgan fingerprint density at radius 3 is 2.62 bits per heavy atom. The average Bonchev–Trinajstić information content (AvgIpc) is 2.53. The van der Waals surface area contributed by atoms with E-state index in [0.717, 1.165) is 45.7 Å². The van der Waals surface area contributed by atoms with Gasteiger partial charge in [-0.3, -0.25) is 9.69 Å². The summed E-state index contributed by atoms with van der Waals surface area (Å²) >= 11 is 0. The van der Waals surface area contributed by atoms with Gasteiger partial charge in [-0.15, -0.1) is 0 Å². The predicted molar refractivity (Wildman–Crippen MR) is 85.7 cm³/mol. The Morgan fingerprint density at radius 2 is 1.95 bits per heavy atom. The molecule has 0 bridgehead atoms. The number of hydrogen-bond donors (Lipinski definition) is 1. The monoisotopic (exact) mass is 293 g/mol. The third-order valence-electron chi connectivity index (χ3n) is 4.09. The molecule has 0 unspecified atom stereocenters. The maximum Gasteiger partial charge on any atom is 0.293 e. The molecule has 0 radical (unpaired) electrons. The van der Waals surface area contributed by atoms with Gasteiger partial charge in [0, 0.05) is 45.1 Å². The largest absolute Gasteiger partial charge is 0.349 e. The van der Waals surface area contributed by atoms with Crippen LogP contribution in [-0.2, 0) is 6.54 Å². The molecule has 2 N–H and O–H groups in total. The van der Waals surface area contributed by atoms with E-state index >= 15 is 0 Å². The van der Waals surface area contributed by atoms with Crippen LogP contribution in [0.4, 0.5) is 5.82 Å². The summed E-state index contributed by atoms with van der Waals surface area (Å²) in [5.74, 6) is 0.599. The molecule has 6 heteroatoms. The van der Waals surface area contributed by atoms with E-state index in [2.05, 4.69) is 14.8 Å². The maximum atomic E-state index is 12.3. The van der Waals surface area contributed by atoms with E-state index in [1.165, 1.54) is 12.8 Å². The fourth-order valence-corrected chi connectivity index (χ4v) is 2.74. The number of rotatable bonds is 7. The van der Waals surface area contributed by atoms with Crippen LogP contribution in [0.1, 0.15) is 26.2 Å². The minimum Gasteiger partial charge on any atom is -0.349 e. The number of piperazine rings is 1. The summed E-state index contributed by atoms with van der Waals surface area (Å²) in [6.07, 6.45) is 7.00. The molecular weight excluding hydrogens is 266 g/mol. The van der Waals surface area contributed by atoms with Crippen LogP contribution in [0.3, 0.4) is 0 Å². The smallest absolute Gasteiger partial charge is 0.293 e. The van der Waals surface area contributed by atoms with Crippen LogP contribution in [0.25, 0.3) is 0 Å². The first-order chi connectivity index (χ1) is 10.3. The first-order valence-corrected chi connectivity index (χ1v) is 7.99. The molecule has 1 saturated heterocycles. The van der Waals surface area contributed by atoms with Crippen molar-refractivity contribution in [3.63, 3.8) is 0 Å². The topological polar surface area (TPSA) is 67.4 Å². The van der Waals surface area contributed by atoms with Crippen LogP contribution < -0.4 is 16.2 Å². The predicted octanol–water partition coefficient (Wildman–Crippen LogP) is 0.514. The molecule has 1 aromatic rings. The summed E-state index contributed by atoms with van der Waals surface area (Å²) in [4.78, 5) is 21.1. The van der Waals surface area contributed by atoms with E-state index in [0.29, 0.717) is 12.4 Å². The van der Waals surface area contributed by atoms with Crippen molar-refractivity contribution in [1.29, 1.82) is 0 Å². The minimum absolute atomic E-state index is 0.0244. The third kappa shape index (κ3) is 4.28. The Bertz CT molecular complexity index is 479. The number of nitrogens with zero attached hydrogens (tertiary/aromatic N) is 4. The van der Waals surface area contributed by atoms with Crippen LogP contribution in [0, 0.1) is 0 Å². The molecule has 0 spiro atoms. The second-order valence-corrected chi connectivity index (χ2v) is 5.52. The maximum absolute atomic E-state index is 12.3. The van der Waals surface area contributed by atoms with E-state index in [9.17, 15) is 4.79 Å². The zero-order valence-corrected chi connectivity index (χ0v) is 13.0. The molecule has 0 atom stereocenters. The van der Waals surface area contributed by atoms with Crippen LogP contribution >= 0.6 is 0 Å². The normalized spacial score (nSPS) is 16.4. The van der Waals surface area contributed by atoms with Gasteiger partial charge in [0.25, 0.3) is 5.56 Å². The molecule has 21 heavy (non-hydrogen) atoms. The van der Waals surface area contributed by atoms with Gasteiger partial charge in [-0.05, 0) is 32.9 Å². The van der Waals surface area contributed by atoms with Crippen molar-refractivity contribution in [3.8, 4) is 0 Å². The highest BCUT2D eigenvalue weighted by atomic mass is 16.1. The Balaban J connectivity index is 1.85. The summed E-state index contributed by atoms with van der Waals surface area (Å²) < 4.78 is 1.71. The lowest BCUT2D eigenvalue weighted by Crippen LogP contribution is -2.48. The number of anilines is 1. The summed E-state index contributed by atoms with van der Waals surface area (Å²) in [7, 11) is 0. The molecule has 118 valence electrons. The minimum atomic E-state index is 0.0244. The van der Waals surface area contributed by atoms with Gasteiger partial charge in [0.15, 0.2) is 5.82 Å². The zero-order chi connectivity index (χ0) is 15.1. The number of unbranched alkanes of at least 4 members (excludes halogenated alkanes) is 2. The second kappa shape index (κ2) is 8.14. The Morgan fingerprint density at radius 1 is 1.19 bits per heavy atom. The lowest BCUT2D eigenvalue weighted by Gasteiger charge is -2.35. The molecule has 2 heterocycles. The Labute approximate surface area is 126 Å². The van der Waals surface area contributed by atoms with Crippen molar-refractivity contribution in [2.75, 3.05) is 44.2 Å². The number of nitrogens with two attached hydrogens (primary N) is 1. The first-order valence-electron chi connectivity index (χ1n) is 7.99. The standard InChI is InChI=1S/C15H27N5O/c1-2-19-9-7-17-14(15(19)21)20-12-10-18(11-13-20)8-5-3-4-6-16/h7,9H,2-6,8,10-13,16H2,1H3. The van der Waals surface area contributed by atoms with Gasteiger partial charge in [0.2, 0.25) is 0 Å². The fraction of sp³-hybridized carbons (Fsp3) is 0.733. The summed E-state index contributed by atoms with van der Waals surface area (Å²) in [5.41, 5.74) is 5.53. The van der Waals surface area contributed by atoms with Gasteiger partial charge in [-0.25, -0.2) is 4.98 Å². The third-order valence-corrected chi connectivity index (χ3v) is 4.09. The molecule has 0 aliphatic carbocycles. The highest BCUT2D eigenvalue weighted by molar-refractivity contribution is 5.36. The molecule has 6 nitrogen and oxygen atoms in total.